The minimum atomic E-state index is -0.486. The van der Waals surface area contributed by atoms with Gasteiger partial charge in [0.2, 0.25) is 0 Å². The van der Waals surface area contributed by atoms with Crippen molar-refractivity contribution in [3.8, 4) is 0 Å². The number of carbonyl (C=O) groups is 2. The summed E-state index contributed by atoms with van der Waals surface area (Å²) in [6, 6.07) is 14.3. The van der Waals surface area contributed by atoms with Crippen LogP contribution in [0.4, 0.5) is 0 Å². The van der Waals surface area contributed by atoms with Crippen LogP contribution in [0, 0.1) is 6.92 Å². The number of hydrogen-bond donors (Lipinski definition) is 2. The van der Waals surface area contributed by atoms with Crippen LogP contribution < -0.4 is 16.2 Å². The molecule has 7 nitrogen and oxygen atoms in total. The Bertz CT molecular complexity index is 1080. The molecule has 0 aliphatic rings. The summed E-state index contributed by atoms with van der Waals surface area (Å²) in [4.78, 5) is 37.3. The highest BCUT2D eigenvalue weighted by Gasteiger charge is 2.19. The molecule has 2 N–H and O–H groups in total. The van der Waals surface area contributed by atoms with Gasteiger partial charge >= 0.3 is 0 Å². The van der Waals surface area contributed by atoms with E-state index in [0.717, 1.165) is 5.56 Å². The molecule has 0 spiro atoms. The molecular weight excluding hydrogens is 370 g/mol. The van der Waals surface area contributed by atoms with Gasteiger partial charge in [-0.3, -0.25) is 14.4 Å². The van der Waals surface area contributed by atoms with Crippen molar-refractivity contribution >= 4 is 11.8 Å². The highest BCUT2D eigenvalue weighted by Crippen LogP contribution is 2.16. The SMILES string of the molecule is CNC(=O)c1ccc(CNC(=O)c2c(C)ccn(C(C)c3ccccc3)c2=O)o1. The van der Waals surface area contributed by atoms with Crippen LogP contribution in [0.15, 0.2) is 63.9 Å². The fourth-order valence-corrected chi connectivity index (χ4v) is 3.09. The lowest BCUT2D eigenvalue weighted by molar-refractivity contribution is 0.0933. The molecule has 29 heavy (non-hydrogen) atoms. The molecule has 150 valence electrons. The van der Waals surface area contributed by atoms with Gasteiger partial charge in [-0.2, -0.15) is 0 Å². The average molecular weight is 393 g/mol. The van der Waals surface area contributed by atoms with Crippen molar-refractivity contribution in [2.45, 2.75) is 26.4 Å². The van der Waals surface area contributed by atoms with Crippen LogP contribution in [0.1, 0.15) is 50.8 Å². The van der Waals surface area contributed by atoms with Crippen molar-refractivity contribution in [3.05, 3.63) is 93.3 Å². The van der Waals surface area contributed by atoms with Gasteiger partial charge in [-0.1, -0.05) is 30.3 Å². The lowest BCUT2D eigenvalue weighted by atomic mass is 10.1. The first-order chi connectivity index (χ1) is 13.9. The number of rotatable bonds is 6. The molecule has 1 aromatic carbocycles. The standard InChI is InChI=1S/C22H23N3O4/c1-14-11-12-25(15(2)16-7-5-4-6-8-16)22(28)19(14)21(27)24-13-17-9-10-18(29-17)20(26)23-3/h4-12,15H,13H2,1-3H3,(H,23,26)(H,24,27). The smallest absolute Gasteiger partial charge is 0.286 e. The van der Waals surface area contributed by atoms with Gasteiger partial charge in [0.05, 0.1) is 12.6 Å². The Labute approximate surface area is 168 Å². The van der Waals surface area contributed by atoms with Gasteiger partial charge in [0.15, 0.2) is 5.76 Å². The minimum absolute atomic E-state index is 0.0673. The molecule has 0 saturated carbocycles. The van der Waals surface area contributed by atoms with Gasteiger partial charge in [-0.05, 0) is 43.2 Å². The number of aryl methyl sites for hydroxylation is 1. The number of pyridine rings is 1. The van der Waals surface area contributed by atoms with Gasteiger partial charge in [0.1, 0.15) is 11.3 Å². The largest absolute Gasteiger partial charge is 0.454 e. The van der Waals surface area contributed by atoms with Gasteiger partial charge in [-0.15, -0.1) is 0 Å². The van der Waals surface area contributed by atoms with Crippen molar-refractivity contribution < 1.29 is 14.0 Å². The molecule has 3 aromatic rings. The number of aromatic nitrogens is 1. The Morgan fingerprint density at radius 1 is 1.07 bits per heavy atom. The number of hydrogen-bond acceptors (Lipinski definition) is 4. The number of benzene rings is 1. The van der Waals surface area contributed by atoms with E-state index in [1.165, 1.54) is 13.1 Å². The Morgan fingerprint density at radius 3 is 2.48 bits per heavy atom. The van der Waals surface area contributed by atoms with E-state index in [-0.39, 0.29) is 35.4 Å². The van der Waals surface area contributed by atoms with E-state index < -0.39 is 5.91 Å². The lowest BCUT2D eigenvalue weighted by Gasteiger charge is -2.17. The third-order valence-corrected chi connectivity index (χ3v) is 4.79. The zero-order valence-corrected chi connectivity index (χ0v) is 16.6. The van der Waals surface area contributed by atoms with Crippen LogP contribution in [0.3, 0.4) is 0 Å². The van der Waals surface area contributed by atoms with Crippen molar-refractivity contribution in [2.75, 3.05) is 7.05 Å². The highest BCUT2D eigenvalue weighted by molar-refractivity contribution is 5.95. The third kappa shape index (κ3) is 4.29. The number of amides is 2. The number of nitrogens with one attached hydrogen (secondary N) is 2. The van der Waals surface area contributed by atoms with Gasteiger partial charge < -0.3 is 19.6 Å². The lowest BCUT2D eigenvalue weighted by Crippen LogP contribution is -2.34. The second-order valence-corrected chi connectivity index (χ2v) is 6.70. The maximum atomic E-state index is 13.0. The van der Waals surface area contributed by atoms with Crippen LogP contribution in [0.2, 0.25) is 0 Å². The summed E-state index contributed by atoms with van der Waals surface area (Å²) < 4.78 is 6.94. The van der Waals surface area contributed by atoms with E-state index in [1.54, 1.807) is 29.8 Å². The zero-order chi connectivity index (χ0) is 21.0. The van der Waals surface area contributed by atoms with Crippen molar-refractivity contribution in [1.29, 1.82) is 0 Å². The zero-order valence-electron chi connectivity index (χ0n) is 16.6. The Hall–Kier alpha value is -3.61. The third-order valence-electron chi connectivity index (χ3n) is 4.79. The summed E-state index contributed by atoms with van der Waals surface area (Å²) >= 11 is 0. The van der Waals surface area contributed by atoms with Crippen LogP contribution >= 0.6 is 0 Å². The molecule has 2 heterocycles. The average Bonchev–Trinajstić information content (AvgIpc) is 3.21. The van der Waals surface area contributed by atoms with E-state index in [0.29, 0.717) is 11.3 Å². The molecule has 2 aromatic heterocycles. The normalized spacial score (nSPS) is 11.7. The summed E-state index contributed by atoms with van der Waals surface area (Å²) in [6.07, 6.45) is 1.70. The van der Waals surface area contributed by atoms with Crippen LogP contribution in [-0.4, -0.2) is 23.4 Å². The van der Waals surface area contributed by atoms with Gasteiger partial charge in [0, 0.05) is 13.2 Å². The summed E-state index contributed by atoms with van der Waals surface area (Å²) in [5.41, 5.74) is 1.30. The summed E-state index contributed by atoms with van der Waals surface area (Å²) in [7, 11) is 1.51. The maximum Gasteiger partial charge on any atom is 0.286 e. The molecule has 2 amide bonds. The fraction of sp³-hybridized carbons (Fsp3) is 0.227. The van der Waals surface area contributed by atoms with Crippen molar-refractivity contribution in [3.63, 3.8) is 0 Å². The summed E-state index contributed by atoms with van der Waals surface area (Å²) in [6.45, 7) is 3.71. The van der Waals surface area contributed by atoms with Gasteiger partial charge in [0.25, 0.3) is 17.4 Å². The molecule has 0 aliphatic heterocycles. The summed E-state index contributed by atoms with van der Waals surface area (Å²) in [5.74, 6) is -0.255. The number of nitrogens with zero attached hydrogens (tertiary/aromatic N) is 1. The van der Waals surface area contributed by atoms with Crippen molar-refractivity contribution in [1.82, 2.24) is 15.2 Å². The van der Waals surface area contributed by atoms with E-state index >= 15 is 0 Å². The first kappa shape index (κ1) is 20.1. The molecule has 0 bridgehead atoms. The number of furan rings is 1. The molecule has 0 saturated heterocycles. The molecule has 0 radical (unpaired) electrons. The predicted molar refractivity (Wildman–Crippen MR) is 109 cm³/mol. The highest BCUT2D eigenvalue weighted by atomic mass is 16.4. The number of carbonyl (C=O) groups excluding carboxylic acids is 2. The Morgan fingerprint density at radius 2 is 1.79 bits per heavy atom. The van der Waals surface area contributed by atoms with Crippen LogP contribution in [-0.2, 0) is 6.54 Å². The molecule has 1 unspecified atom stereocenters. The minimum Gasteiger partial charge on any atom is -0.454 e. The van der Waals surface area contributed by atoms with Crippen molar-refractivity contribution in [2.24, 2.45) is 0 Å². The molecule has 0 aliphatic carbocycles. The topological polar surface area (TPSA) is 93.3 Å². The molecular formula is C22H23N3O4. The second kappa shape index (κ2) is 8.60. The molecule has 7 heteroatoms. The van der Waals surface area contributed by atoms with E-state index in [9.17, 15) is 14.4 Å². The van der Waals surface area contributed by atoms with Gasteiger partial charge in [-0.25, -0.2) is 0 Å². The maximum absolute atomic E-state index is 13.0. The van der Waals surface area contributed by atoms with Crippen LogP contribution in [0.25, 0.3) is 0 Å². The monoisotopic (exact) mass is 393 g/mol. The first-order valence-electron chi connectivity index (χ1n) is 9.28. The van der Waals surface area contributed by atoms with Crippen LogP contribution in [0.5, 0.6) is 0 Å². The Kier molecular flexibility index (Phi) is 5.97. The summed E-state index contributed by atoms with van der Waals surface area (Å²) in [5, 5.41) is 5.16. The van der Waals surface area contributed by atoms with E-state index in [2.05, 4.69) is 10.6 Å². The molecule has 3 rings (SSSR count). The fourth-order valence-electron chi connectivity index (χ4n) is 3.09. The predicted octanol–water partition coefficient (Wildman–Crippen LogP) is 2.65. The molecule has 1 atom stereocenters. The molecule has 0 fully saturated rings. The quantitative estimate of drug-likeness (QED) is 0.673. The van der Waals surface area contributed by atoms with E-state index in [4.69, 9.17) is 4.42 Å². The first-order valence-corrected chi connectivity index (χ1v) is 9.28. The Balaban J connectivity index is 1.81. The van der Waals surface area contributed by atoms with E-state index in [1.807, 2.05) is 37.3 Å². The second-order valence-electron chi connectivity index (χ2n) is 6.70.